The van der Waals surface area contributed by atoms with Crippen molar-refractivity contribution in [3.8, 4) is 119 Å². The van der Waals surface area contributed by atoms with Crippen LogP contribution in [0.2, 0.25) is 0 Å². The molecule has 13 heteroatoms. The summed E-state index contributed by atoms with van der Waals surface area (Å²) < 4.78 is 22.1. The standard InChI is InChI=1S/C47H30N4.C46H29N5.C39H27N2OP/c1-4-16-31(17-5-1)41-30-42(50-47(49-41)32-18-6-2-7-19-32)36-28-29-37(35-23-11-10-22-34(35)36)45-44-39-25-13-15-27-43(39)51(33-20-8-3-9-21-33)46(44)38-24-12-14-26-40(38)48-45;1-4-16-30(17-5-1)44-48-45(31-18-6-2-7-19-31)50-46(49-44)36-29-28-35(33-22-10-11-23-34(33)36)42-41-38-25-13-15-27-40(38)51(32-20-8-3-9-21-32)43(41)37-24-12-14-26-39(37)47-42;42-43(30-16-6-2-7-17-30,31-18-8-3-9-19-31)32-26-24-28(25-27-32)38-37-34-21-11-13-23-36(34)41(29-14-4-1-5-15-29)39(37)33-20-10-12-22-35(33)40-38/h1-30H;1-29H;1-27H. The van der Waals surface area contributed by atoms with Gasteiger partial charge in [0.05, 0.1) is 78.1 Å². The minimum absolute atomic E-state index is 0.628. The van der Waals surface area contributed by atoms with Gasteiger partial charge in [0.1, 0.15) is 0 Å². The molecular formula is C132H86N11OP. The number of hydrogen-bond donors (Lipinski definition) is 0. The van der Waals surface area contributed by atoms with Crippen LogP contribution in [0, 0.1) is 0 Å². The molecular weight excluding hydrogens is 1790 g/mol. The molecule has 0 bridgehead atoms. The molecule has 0 N–H and O–H groups in total. The number of hydrogen-bond acceptors (Lipinski definition) is 9. The Bertz CT molecular complexity index is 9330. The van der Waals surface area contributed by atoms with Crippen molar-refractivity contribution in [2.45, 2.75) is 0 Å². The number of fused-ring (bicyclic) bond motifs is 17. The Hall–Kier alpha value is -19.1. The highest BCUT2D eigenvalue weighted by Gasteiger charge is 2.32. The van der Waals surface area contributed by atoms with Crippen LogP contribution in [0.1, 0.15) is 0 Å². The smallest absolute Gasteiger partial charge is 0.171 e. The Morgan fingerprint density at radius 3 is 0.821 bits per heavy atom. The van der Waals surface area contributed by atoms with Crippen LogP contribution in [0.4, 0.5) is 0 Å². The fraction of sp³-hybridized carbons (Fsp3) is 0. The summed E-state index contributed by atoms with van der Waals surface area (Å²) in [4.78, 5) is 41.5. The fourth-order valence-electron chi connectivity index (χ4n) is 21.2. The van der Waals surface area contributed by atoms with E-state index >= 15 is 0 Å². The summed E-state index contributed by atoms with van der Waals surface area (Å²) in [7, 11) is -3.07. The number of pyridine rings is 3. The minimum Gasteiger partial charge on any atom is -0.309 e. The summed E-state index contributed by atoms with van der Waals surface area (Å²) in [5, 5.41) is 17.0. The van der Waals surface area contributed by atoms with Gasteiger partial charge in [-0.15, -0.1) is 0 Å². The van der Waals surface area contributed by atoms with Crippen molar-refractivity contribution >= 4 is 143 Å². The average molecular weight is 1870 g/mol. The predicted octanol–water partition coefficient (Wildman–Crippen LogP) is 31.9. The average Bonchev–Trinajstić information content (AvgIpc) is 1.57. The van der Waals surface area contributed by atoms with E-state index in [1.54, 1.807) is 0 Å². The summed E-state index contributed by atoms with van der Waals surface area (Å²) in [6.45, 7) is 0. The number of para-hydroxylation sites is 9. The van der Waals surface area contributed by atoms with E-state index in [0.717, 1.165) is 226 Å². The number of benzene rings is 20. The van der Waals surface area contributed by atoms with Gasteiger partial charge < -0.3 is 18.3 Å². The molecule has 0 amide bonds. The molecule has 0 atom stereocenters. The second-order valence-corrected chi connectivity index (χ2v) is 38.9. The third kappa shape index (κ3) is 15.3. The second-order valence-electron chi connectivity index (χ2n) is 36.1. The van der Waals surface area contributed by atoms with Crippen LogP contribution in [0.25, 0.3) is 239 Å². The molecule has 28 aromatic rings. The first-order valence-corrected chi connectivity index (χ1v) is 50.4. The van der Waals surface area contributed by atoms with Crippen molar-refractivity contribution in [3.63, 3.8) is 0 Å². The normalized spacial score (nSPS) is 11.6. The summed E-state index contributed by atoms with van der Waals surface area (Å²) >= 11 is 0. The van der Waals surface area contributed by atoms with Crippen LogP contribution >= 0.6 is 7.14 Å². The molecule has 0 aliphatic carbocycles. The molecule has 0 saturated heterocycles. The quantitative estimate of drug-likeness (QED) is 0.0919. The maximum absolute atomic E-state index is 15.0. The predicted molar refractivity (Wildman–Crippen MR) is 601 cm³/mol. The van der Waals surface area contributed by atoms with E-state index in [0.29, 0.717) is 23.3 Å². The Morgan fingerprint density at radius 1 is 0.172 bits per heavy atom. The molecule has 0 spiro atoms. The summed E-state index contributed by atoms with van der Waals surface area (Å²) in [5.74, 6) is 2.60. The SMILES string of the molecule is O=P(c1ccccc1)(c1ccccc1)c1ccc(-c2nc3ccccc3c3c2c2ccccc2n3-c2ccccc2)cc1.c1ccc(-c2cc(-c3ccc(-c4nc5ccccc5c5c4c4ccccc4n5-c4ccccc4)c4ccccc34)nc(-c3ccccc3)n2)cc1.c1ccc(-c2nc(-c3ccccc3)nc(-c3ccc(-c4nc5ccccc5c5c4c4ccccc4n5-c4ccccc4)c4ccccc34)n2)cc1. The van der Waals surface area contributed by atoms with E-state index in [1.165, 1.54) is 5.39 Å². The summed E-state index contributed by atoms with van der Waals surface area (Å²) in [6.07, 6.45) is 0. The lowest BCUT2D eigenvalue weighted by atomic mass is 9.93. The van der Waals surface area contributed by atoms with Crippen molar-refractivity contribution in [1.29, 1.82) is 0 Å². The van der Waals surface area contributed by atoms with Gasteiger partial charge in [0.25, 0.3) is 0 Å². The van der Waals surface area contributed by atoms with Gasteiger partial charge in [-0.25, -0.2) is 39.9 Å². The molecule has 28 rings (SSSR count). The fourth-order valence-corrected chi connectivity index (χ4v) is 23.8. The number of rotatable bonds is 15. The molecule has 0 aliphatic rings. The highest BCUT2D eigenvalue weighted by atomic mass is 31.2. The van der Waals surface area contributed by atoms with Gasteiger partial charge in [0.2, 0.25) is 0 Å². The monoisotopic (exact) mass is 1870 g/mol. The zero-order valence-electron chi connectivity index (χ0n) is 78.4. The van der Waals surface area contributed by atoms with E-state index in [2.05, 4.69) is 366 Å². The van der Waals surface area contributed by atoms with Crippen LogP contribution in [-0.2, 0) is 4.57 Å². The van der Waals surface area contributed by atoms with Gasteiger partial charge in [-0.3, -0.25) is 0 Å². The van der Waals surface area contributed by atoms with Gasteiger partial charge >= 0.3 is 0 Å². The summed E-state index contributed by atoms with van der Waals surface area (Å²) in [6, 6.07) is 180. The molecule has 0 saturated carbocycles. The Balaban J connectivity index is 0.000000111. The van der Waals surface area contributed by atoms with Gasteiger partial charge in [-0.2, -0.15) is 0 Å². The topological polar surface area (TPSA) is 135 Å². The van der Waals surface area contributed by atoms with Crippen LogP contribution in [0.3, 0.4) is 0 Å². The van der Waals surface area contributed by atoms with Crippen LogP contribution in [0.5, 0.6) is 0 Å². The molecule has 0 radical (unpaired) electrons. The first kappa shape index (κ1) is 86.2. The van der Waals surface area contributed by atoms with Crippen molar-refractivity contribution in [2.75, 3.05) is 0 Å². The molecule has 12 nitrogen and oxygen atoms in total. The molecule has 0 aliphatic heterocycles. The third-order valence-corrected chi connectivity index (χ3v) is 30.8. The van der Waals surface area contributed by atoms with Gasteiger partial charge in [0, 0.05) is 132 Å². The lowest BCUT2D eigenvalue weighted by molar-refractivity contribution is 0.592. The molecule has 0 unspecified atom stereocenters. The molecule has 680 valence electrons. The second kappa shape index (κ2) is 36.9. The van der Waals surface area contributed by atoms with Crippen LogP contribution in [-0.4, -0.2) is 53.6 Å². The molecule has 20 aromatic carbocycles. The van der Waals surface area contributed by atoms with E-state index in [4.69, 9.17) is 39.9 Å². The zero-order valence-corrected chi connectivity index (χ0v) is 79.3. The molecule has 145 heavy (non-hydrogen) atoms. The van der Waals surface area contributed by atoms with Crippen molar-refractivity contribution in [2.24, 2.45) is 0 Å². The zero-order chi connectivity index (χ0) is 96.3. The maximum Gasteiger partial charge on any atom is 0.171 e. The first-order chi connectivity index (χ1) is 71.9. The largest absolute Gasteiger partial charge is 0.309 e. The van der Waals surface area contributed by atoms with Crippen molar-refractivity contribution in [1.82, 2.24) is 53.6 Å². The van der Waals surface area contributed by atoms with Crippen molar-refractivity contribution < 1.29 is 4.57 Å². The Labute approximate surface area is 835 Å². The van der Waals surface area contributed by atoms with E-state index in [9.17, 15) is 4.57 Å². The highest BCUT2D eigenvalue weighted by Crippen LogP contribution is 2.50. The first-order valence-electron chi connectivity index (χ1n) is 48.7. The van der Waals surface area contributed by atoms with Gasteiger partial charge in [0.15, 0.2) is 30.4 Å². The van der Waals surface area contributed by atoms with Gasteiger partial charge in [-0.1, -0.05) is 437 Å². The molecule has 8 aromatic heterocycles. The lowest BCUT2D eigenvalue weighted by Crippen LogP contribution is -2.24. The molecule has 8 heterocycles. The Morgan fingerprint density at radius 2 is 0.434 bits per heavy atom. The van der Waals surface area contributed by atoms with Crippen LogP contribution < -0.4 is 15.9 Å². The van der Waals surface area contributed by atoms with E-state index in [1.807, 2.05) is 170 Å². The minimum atomic E-state index is -3.07. The maximum atomic E-state index is 15.0. The van der Waals surface area contributed by atoms with Crippen LogP contribution in [0.15, 0.2) is 522 Å². The third-order valence-electron chi connectivity index (χ3n) is 27.7. The van der Waals surface area contributed by atoms with E-state index < -0.39 is 7.14 Å². The Kier molecular flexibility index (Phi) is 21.9. The highest BCUT2D eigenvalue weighted by molar-refractivity contribution is 7.85. The van der Waals surface area contributed by atoms with Crippen molar-refractivity contribution in [3.05, 3.63) is 522 Å². The lowest BCUT2D eigenvalue weighted by Gasteiger charge is -2.20. The van der Waals surface area contributed by atoms with Gasteiger partial charge in [-0.05, 0) is 106 Å². The molecule has 0 fully saturated rings. The number of aromatic nitrogens is 11. The van der Waals surface area contributed by atoms with E-state index in [-0.39, 0.29) is 0 Å². The number of nitrogens with zero attached hydrogens (tertiary/aromatic N) is 11. The summed E-state index contributed by atoms with van der Waals surface area (Å²) in [5.41, 5.74) is 26.7.